The standard InChI is InChI=1S/C13H21N/c1-3-5-12-6-4-7-13(9-12)8-11(2)10-14/h4,6-7,9,11H,3,5,8,10,14H2,1-2H3. The number of hydrogen-bond donors (Lipinski definition) is 1. The molecule has 0 spiro atoms. The van der Waals surface area contributed by atoms with Crippen molar-refractivity contribution in [3.05, 3.63) is 35.4 Å². The van der Waals surface area contributed by atoms with Gasteiger partial charge in [0.05, 0.1) is 0 Å². The highest BCUT2D eigenvalue weighted by Gasteiger charge is 2.01. The second kappa shape index (κ2) is 5.82. The van der Waals surface area contributed by atoms with Crippen LogP contribution in [-0.2, 0) is 12.8 Å². The first kappa shape index (κ1) is 11.3. The molecule has 0 fully saturated rings. The van der Waals surface area contributed by atoms with E-state index in [1.165, 1.54) is 24.0 Å². The summed E-state index contributed by atoms with van der Waals surface area (Å²) >= 11 is 0. The minimum absolute atomic E-state index is 0.590. The van der Waals surface area contributed by atoms with E-state index in [1.807, 2.05) is 0 Å². The van der Waals surface area contributed by atoms with Crippen LogP contribution in [0.1, 0.15) is 31.4 Å². The molecule has 0 amide bonds. The maximum atomic E-state index is 5.62. The molecule has 0 aliphatic rings. The molecule has 0 aliphatic carbocycles. The molecular weight excluding hydrogens is 170 g/mol. The van der Waals surface area contributed by atoms with Gasteiger partial charge in [-0.2, -0.15) is 0 Å². The maximum Gasteiger partial charge on any atom is -0.00483 e. The SMILES string of the molecule is CCCc1cccc(CC(C)CN)c1. The van der Waals surface area contributed by atoms with Crippen molar-refractivity contribution in [1.29, 1.82) is 0 Å². The first-order valence-corrected chi connectivity index (χ1v) is 5.54. The van der Waals surface area contributed by atoms with Crippen molar-refractivity contribution in [2.45, 2.75) is 33.1 Å². The molecule has 0 heterocycles. The first-order chi connectivity index (χ1) is 6.76. The Hall–Kier alpha value is -0.820. The Morgan fingerprint density at radius 2 is 2.00 bits per heavy atom. The van der Waals surface area contributed by atoms with Crippen molar-refractivity contribution in [3.63, 3.8) is 0 Å². The summed E-state index contributed by atoms with van der Waals surface area (Å²) in [5.41, 5.74) is 8.49. The van der Waals surface area contributed by atoms with Crippen LogP contribution in [0, 0.1) is 5.92 Å². The van der Waals surface area contributed by atoms with Crippen molar-refractivity contribution in [2.75, 3.05) is 6.54 Å². The minimum atomic E-state index is 0.590. The summed E-state index contributed by atoms with van der Waals surface area (Å²) < 4.78 is 0. The lowest BCUT2D eigenvalue weighted by atomic mass is 9.98. The third-order valence-electron chi connectivity index (χ3n) is 2.52. The van der Waals surface area contributed by atoms with E-state index in [4.69, 9.17) is 5.73 Å². The van der Waals surface area contributed by atoms with Gasteiger partial charge in [-0.1, -0.05) is 44.5 Å². The van der Waals surface area contributed by atoms with E-state index >= 15 is 0 Å². The fraction of sp³-hybridized carbons (Fsp3) is 0.538. The number of nitrogens with two attached hydrogens (primary N) is 1. The highest BCUT2D eigenvalue weighted by atomic mass is 14.5. The highest BCUT2D eigenvalue weighted by Crippen LogP contribution is 2.11. The Labute approximate surface area is 87.3 Å². The Morgan fingerprint density at radius 3 is 2.64 bits per heavy atom. The lowest BCUT2D eigenvalue weighted by Gasteiger charge is -2.09. The van der Waals surface area contributed by atoms with E-state index in [0.29, 0.717) is 5.92 Å². The van der Waals surface area contributed by atoms with Gasteiger partial charge in [-0.15, -0.1) is 0 Å². The maximum absolute atomic E-state index is 5.62. The molecule has 14 heavy (non-hydrogen) atoms. The molecule has 1 unspecified atom stereocenters. The van der Waals surface area contributed by atoms with Crippen molar-refractivity contribution in [3.8, 4) is 0 Å². The van der Waals surface area contributed by atoms with Gasteiger partial charge in [-0.25, -0.2) is 0 Å². The zero-order valence-corrected chi connectivity index (χ0v) is 9.29. The zero-order chi connectivity index (χ0) is 10.4. The van der Waals surface area contributed by atoms with Gasteiger partial charge in [-0.05, 0) is 36.4 Å². The Morgan fingerprint density at radius 1 is 1.29 bits per heavy atom. The molecule has 1 aromatic rings. The van der Waals surface area contributed by atoms with Crippen LogP contribution in [0.25, 0.3) is 0 Å². The van der Waals surface area contributed by atoms with Crippen molar-refractivity contribution in [2.24, 2.45) is 11.7 Å². The normalized spacial score (nSPS) is 12.8. The molecule has 0 bridgehead atoms. The van der Waals surface area contributed by atoms with Crippen LogP contribution in [-0.4, -0.2) is 6.54 Å². The number of benzene rings is 1. The molecular formula is C13H21N. The van der Waals surface area contributed by atoms with Crippen LogP contribution in [0.4, 0.5) is 0 Å². The molecule has 78 valence electrons. The van der Waals surface area contributed by atoms with Gasteiger partial charge in [0.15, 0.2) is 0 Å². The molecule has 1 heteroatoms. The lowest BCUT2D eigenvalue weighted by molar-refractivity contribution is 0.592. The predicted molar refractivity (Wildman–Crippen MR) is 62.4 cm³/mol. The fourth-order valence-corrected chi connectivity index (χ4v) is 1.69. The summed E-state index contributed by atoms with van der Waals surface area (Å²) in [4.78, 5) is 0. The molecule has 2 N–H and O–H groups in total. The van der Waals surface area contributed by atoms with E-state index in [-0.39, 0.29) is 0 Å². The average Bonchev–Trinajstić information content (AvgIpc) is 2.19. The van der Waals surface area contributed by atoms with E-state index in [2.05, 4.69) is 38.1 Å². The smallest absolute Gasteiger partial charge is 0.00483 e. The molecule has 0 saturated heterocycles. The predicted octanol–water partition coefficient (Wildman–Crippen LogP) is 2.78. The van der Waals surface area contributed by atoms with Gasteiger partial charge in [0.25, 0.3) is 0 Å². The monoisotopic (exact) mass is 191 g/mol. The molecule has 0 radical (unpaired) electrons. The Balaban J connectivity index is 2.63. The van der Waals surface area contributed by atoms with Crippen molar-refractivity contribution < 1.29 is 0 Å². The molecule has 0 saturated carbocycles. The van der Waals surface area contributed by atoms with Gasteiger partial charge in [0.1, 0.15) is 0 Å². The van der Waals surface area contributed by atoms with Crippen LogP contribution in [0.3, 0.4) is 0 Å². The highest BCUT2D eigenvalue weighted by molar-refractivity contribution is 5.23. The summed E-state index contributed by atoms with van der Waals surface area (Å²) in [6, 6.07) is 8.88. The molecule has 0 aliphatic heterocycles. The first-order valence-electron chi connectivity index (χ1n) is 5.54. The van der Waals surface area contributed by atoms with E-state index in [1.54, 1.807) is 0 Å². The topological polar surface area (TPSA) is 26.0 Å². The molecule has 1 atom stereocenters. The Kier molecular flexibility index (Phi) is 4.68. The third kappa shape index (κ3) is 3.51. The molecule has 1 aromatic carbocycles. The van der Waals surface area contributed by atoms with Crippen LogP contribution < -0.4 is 5.73 Å². The molecule has 1 rings (SSSR count). The summed E-state index contributed by atoms with van der Waals surface area (Å²) in [5.74, 6) is 0.590. The second-order valence-electron chi connectivity index (χ2n) is 4.11. The second-order valence-corrected chi connectivity index (χ2v) is 4.11. The van der Waals surface area contributed by atoms with Crippen LogP contribution in [0.5, 0.6) is 0 Å². The van der Waals surface area contributed by atoms with E-state index < -0.39 is 0 Å². The van der Waals surface area contributed by atoms with E-state index in [0.717, 1.165) is 13.0 Å². The van der Waals surface area contributed by atoms with Gasteiger partial charge < -0.3 is 5.73 Å². The van der Waals surface area contributed by atoms with Crippen LogP contribution in [0.2, 0.25) is 0 Å². The van der Waals surface area contributed by atoms with Crippen molar-refractivity contribution in [1.82, 2.24) is 0 Å². The van der Waals surface area contributed by atoms with Crippen molar-refractivity contribution >= 4 is 0 Å². The minimum Gasteiger partial charge on any atom is -0.330 e. The summed E-state index contributed by atoms with van der Waals surface area (Å²) in [6.07, 6.45) is 3.51. The fourth-order valence-electron chi connectivity index (χ4n) is 1.69. The van der Waals surface area contributed by atoms with Gasteiger partial charge >= 0.3 is 0 Å². The number of aryl methyl sites for hydroxylation is 1. The van der Waals surface area contributed by atoms with Gasteiger partial charge in [0, 0.05) is 0 Å². The Bertz CT molecular complexity index is 268. The zero-order valence-electron chi connectivity index (χ0n) is 9.29. The largest absolute Gasteiger partial charge is 0.330 e. The summed E-state index contributed by atoms with van der Waals surface area (Å²) in [5, 5.41) is 0. The molecule has 1 nitrogen and oxygen atoms in total. The van der Waals surface area contributed by atoms with E-state index in [9.17, 15) is 0 Å². The van der Waals surface area contributed by atoms with Gasteiger partial charge in [-0.3, -0.25) is 0 Å². The molecule has 0 aromatic heterocycles. The van der Waals surface area contributed by atoms with Crippen LogP contribution >= 0.6 is 0 Å². The summed E-state index contributed by atoms with van der Waals surface area (Å²) in [7, 11) is 0. The number of hydrogen-bond acceptors (Lipinski definition) is 1. The third-order valence-corrected chi connectivity index (χ3v) is 2.52. The summed E-state index contributed by atoms with van der Waals surface area (Å²) in [6.45, 7) is 5.19. The van der Waals surface area contributed by atoms with Gasteiger partial charge in [0.2, 0.25) is 0 Å². The number of rotatable bonds is 5. The van der Waals surface area contributed by atoms with Crippen LogP contribution in [0.15, 0.2) is 24.3 Å². The quantitative estimate of drug-likeness (QED) is 0.761. The average molecular weight is 191 g/mol. The lowest BCUT2D eigenvalue weighted by Crippen LogP contribution is -2.13.